The Morgan fingerprint density at radius 3 is 2.42 bits per heavy atom. The minimum atomic E-state index is -0.496. The standard InChI is InChI=1S/C20H23N5O/c1-3-16-9-11-18(12-10-16)15(2)22-20(26)19(25-14-21-23-24-25)13-17-7-5-4-6-8-17/h4-12,14-15,19H,3,13H2,1-2H3,(H,22,26). The summed E-state index contributed by atoms with van der Waals surface area (Å²) in [5.74, 6) is -0.103. The Labute approximate surface area is 153 Å². The number of carbonyl (C=O) groups excluding carboxylic acids is 1. The van der Waals surface area contributed by atoms with Crippen LogP contribution in [0.3, 0.4) is 0 Å². The fraction of sp³-hybridized carbons (Fsp3) is 0.300. The van der Waals surface area contributed by atoms with Crippen molar-refractivity contribution in [1.29, 1.82) is 0 Å². The van der Waals surface area contributed by atoms with Gasteiger partial charge in [-0.1, -0.05) is 61.5 Å². The monoisotopic (exact) mass is 349 g/mol. The number of carbonyl (C=O) groups is 1. The van der Waals surface area contributed by atoms with Crippen molar-refractivity contribution in [2.24, 2.45) is 0 Å². The zero-order valence-electron chi connectivity index (χ0n) is 15.0. The van der Waals surface area contributed by atoms with E-state index >= 15 is 0 Å². The van der Waals surface area contributed by atoms with E-state index in [1.54, 1.807) is 0 Å². The summed E-state index contributed by atoms with van der Waals surface area (Å²) in [5.41, 5.74) is 3.41. The Kier molecular flexibility index (Phi) is 5.73. The van der Waals surface area contributed by atoms with Crippen LogP contribution in [0, 0.1) is 0 Å². The van der Waals surface area contributed by atoms with Gasteiger partial charge in [-0.25, -0.2) is 4.68 Å². The fourth-order valence-electron chi connectivity index (χ4n) is 2.89. The molecule has 0 saturated heterocycles. The average Bonchev–Trinajstić information content (AvgIpc) is 3.21. The van der Waals surface area contributed by atoms with Gasteiger partial charge < -0.3 is 5.32 Å². The molecule has 1 aromatic heterocycles. The molecule has 0 saturated carbocycles. The van der Waals surface area contributed by atoms with Crippen LogP contribution >= 0.6 is 0 Å². The van der Waals surface area contributed by atoms with Crippen LogP contribution in [0.25, 0.3) is 0 Å². The van der Waals surface area contributed by atoms with Crippen LogP contribution in [0.1, 0.15) is 42.6 Å². The highest BCUT2D eigenvalue weighted by Crippen LogP contribution is 2.18. The molecular formula is C20H23N5O. The summed E-state index contributed by atoms with van der Waals surface area (Å²) in [6.45, 7) is 4.11. The fourth-order valence-corrected chi connectivity index (χ4v) is 2.89. The molecule has 2 atom stereocenters. The molecule has 26 heavy (non-hydrogen) atoms. The van der Waals surface area contributed by atoms with Gasteiger partial charge in [0.15, 0.2) is 0 Å². The predicted molar refractivity (Wildman–Crippen MR) is 99.4 cm³/mol. The van der Waals surface area contributed by atoms with Gasteiger partial charge in [-0.15, -0.1) is 5.10 Å². The van der Waals surface area contributed by atoms with Crippen LogP contribution in [-0.2, 0) is 17.6 Å². The molecule has 134 valence electrons. The largest absolute Gasteiger partial charge is 0.348 e. The molecule has 3 aromatic rings. The number of rotatable bonds is 7. The minimum Gasteiger partial charge on any atom is -0.348 e. The molecule has 0 aliphatic heterocycles. The number of tetrazole rings is 1. The Balaban J connectivity index is 1.74. The topological polar surface area (TPSA) is 72.7 Å². The van der Waals surface area contributed by atoms with Crippen LogP contribution in [0.5, 0.6) is 0 Å². The van der Waals surface area contributed by atoms with Gasteiger partial charge in [0.2, 0.25) is 5.91 Å². The summed E-state index contributed by atoms with van der Waals surface area (Å²) >= 11 is 0. The Morgan fingerprint density at radius 2 is 1.81 bits per heavy atom. The van der Waals surface area contributed by atoms with E-state index in [1.807, 2.05) is 37.3 Å². The molecular weight excluding hydrogens is 326 g/mol. The van der Waals surface area contributed by atoms with E-state index in [4.69, 9.17) is 0 Å². The van der Waals surface area contributed by atoms with Crippen LogP contribution in [0.2, 0.25) is 0 Å². The summed E-state index contributed by atoms with van der Waals surface area (Å²) in [6.07, 6.45) is 3.01. The van der Waals surface area contributed by atoms with Gasteiger partial charge in [0.05, 0.1) is 6.04 Å². The zero-order valence-corrected chi connectivity index (χ0v) is 15.0. The second-order valence-corrected chi connectivity index (χ2v) is 6.32. The predicted octanol–water partition coefficient (Wildman–Crippen LogP) is 2.90. The smallest absolute Gasteiger partial charge is 0.245 e. The van der Waals surface area contributed by atoms with E-state index in [9.17, 15) is 4.79 Å². The van der Waals surface area contributed by atoms with Crippen molar-refractivity contribution in [2.75, 3.05) is 0 Å². The number of aromatic nitrogens is 4. The lowest BCUT2D eigenvalue weighted by molar-refractivity contribution is -0.125. The number of amides is 1. The molecule has 0 spiro atoms. The lowest BCUT2D eigenvalue weighted by Crippen LogP contribution is -2.35. The first-order chi connectivity index (χ1) is 12.7. The van der Waals surface area contributed by atoms with Crippen molar-refractivity contribution in [3.8, 4) is 0 Å². The van der Waals surface area contributed by atoms with Crippen LogP contribution in [0.15, 0.2) is 60.9 Å². The van der Waals surface area contributed by atoms with Gasteiger partial charge in [-0.3, -0.25) is 4.79 Å². The van der Waals surface area contributed by atoms with Gasteiger partial charge in [0, 0.05) is 6.42 Å². The second kappa shape index (κ2) is 8.38. The second-order valence-electron chi connectivity index (χ2n) is 6.32. The minimum absolute atomic E-state index is 0.0943. The SMILES string of the molecule is CCc1ccc(C(C)NC(=O)C(Cc2ccccc2)n2cnnn2)cc1. The van der Waals surface area contributed by atoms with E-state index < -0.39 is 6.04 Å². The van der Waals surface area contributed by atoms with Gasteiger partial charge >= 0.3 is 0 Å². The van der Waals surface area contributed by atoms with Crippen LogP contribution in [0.4, 0.5) is 0 Å². The maximum atomic E-state index is 12.9. The highest BCUT2D eigenvalue weighted by molar-refractivity contribution is 5.80. The molecule has 0 aliphatic carbocycles. The molecule has 0 aliphatic rings. The molecule has 1 N–H and O–H groups in total. The van der Waals surface area contributed by atoms with Gasteiger partial charge in [0.25, 0.3) is 0 Å². The van der Waals surface area contributed by atoms with Crippen molar-refractivity contribution in [3.63, 3.8) is 0 Å². The first-order valence-corrected chi connectivity index (χ1v) is 8.83. The van der Waals surface area contributed by atoms with Crippen LogP contribution < -0.4 is 5.32 Å². The number of hydrogen-bond acceptors (Lipinski definition) is 4. The number of hydrogen-bond donors (Lipinski definition) is 1. The average molecular weight is 349 g/mol. The lowest BCUT2D eigenvalue weighted by Gasteiger charge is -2.20. The third-order valence-electron chi connectivity index (χ3n) is 4.51. The van der Waals surface area contributed by atoms with Crippen molar-refractivity contribution in [3.05, 3.63) is 77.6 Å². The van der Waals surface area contributed by atoms with Crippen molar-refractivity contribution in [2.45, 2.75) is 38.8 Å². The van der Waals surface area contributed by atoms with E-state index in [0.29, 0.717) is 6.42 Å². The Morgan fingerprint density at radius 1 is 1.08 bits per heavy atom. The maximum Gasteiger partial charge on any atom is 0.245 e. The molecule has 0 radical (unpaired) electrons. The molecule has 6 nitrogen and oxygen atoms in total. The molecule has 2 aromatic carbocycles. The van der Waals surface area contributed by atoms with Crippen molar-refractivity contribution in [1.82, 2.24) is 25.5 Å². The molecule has 3 rings (SSSR count). The van der Waals surface area contributed by atoms with Crippen molar-refractivity contribution < 1.29 is 4.79 Å². The van der Waals surface area contributed by atoms with Crippen LogP contribution in [-0.4, -0.2) is 26.1 Å². The molecule has 0 fully saturated rings. The summed E-state index contributed by atoms with van der Waals surface area (Å²) in [7, 11) is 0. The summed E-state index contributed by atoms with van der Waals surface area (Å²) < 4.78 is 1.51. The Hall–Kier alpha value is -3.02. The van der Waals surface area contributed by atoms with E-state index in [2.05, 4.69) is 52.0 Å². The number of nitrogens with zero attached hydrogens (tertiary/aromatic N) is 4. The number of benzene rings is 2. The molecule has 1 heterocycles. The van der Waals surface area contributed by atoms with E-state index in [-0.39, 0.29) is 11.9 Å². The van der Waals surface area contributed by atoms with E-state index in [0.717, 1.165) is 17.5 Å². The molecule has 2 unspecified atom stereocenters. The van der Waals surface area contributed by atoms with Gasteiger partial charge in [-0.05, 0) is 40.5 Å². The third kappa shape index (κ3) is 4.33. The summed E-state index contributed by atoms with van der Waals surface area (Å²) in [5, 5.41) is 14.4. The normalized spacial score (nSPS) is 13.2. The Bertz CT molecular complexity index is 815. The van der Waals surface area contributed by atoms with Gasteiger partial charge in [0.1, 0.15) is 12.4 Å². The zero-order chi connectivity index (χ0) is 18.4. The third-order valence-corrected chi connectivity index (χ3v) is 4.51. The highest BCUT2D eigenvalue weighted by Gasteiger charge is 2.24. The summed E-state index contributed by atoms with van der Waals surface area (Å²) in [6, 6.07) is 17.6. The highest BCUT2D eigenvalue weighted by atomic mass is 16.2. The van der Waals surface area contributed by atoms with Gasteiger partial charge in [-0.2, -0.15) is 0 Å². The molecule has 1 amide bonds. The number of aryl methyl sites for hydroxylation is 1. The quantitative estimate of drug-likeness (QED) is 0.712. The summed E-state index contributed by atoms with van der Waals surface area (Å²) in [4.78, 5) is 12.9. The lowest BCUT2D eigenvalue weighted by atomic mass is 10.0. The maximum absolute atomic E-state index is 12.9. The van der Waals surface area contributed by atoms with Crippen molar-refractivity contribution >= 4 is 5.91 Å². The molecule has 6 heteroatoms. The number of nitrogens with one attached hydrogen (secondary N) is 1. The first kappa shape index (κ1) is 17.8. The first-order valence-electron chi connectivity index (χ1n) is 8.83. The molecule has 0 bridgehead atoms. The van der Waals surface area contributed by atoms with E-state index in [1.165, 1.54) is 16.6 Å².